The first-order chi connectivity index (χ1) is 6.06. The number of likely N-dealkylation sites (N-methyl/N-ethyl adjacent to an activating group) is 1. The van der Waals surface area contributed by atoms with Gasteiger partial charge in [-0.05, 0) is 6.92 Å². The molecule has 1 atom stereocenters. The van der Waals surface area contributed by atoms with Gasteiger partial charge in [-0.2, -0.15) is 0 Å². The van der Waals surface area contributed by atoms with E-state index in [1.165, 1.54) is 0 Å². The molecule has 13 heavy (non-hydrogen) atoms. The van der Waals surface area contributed by atoms with Gasteiger partial charge < -0.3 is 10.0 Å². The quantitative estimate of drug-likeness (QED) is 0.639. The van der Waals surface area contributed by atoms with Crippen molar-refractivity contribution in [3.05, 3.63) is 0 Å². The monoisotopic (exact) mass is 186 g/mol. The number of aliphatic hydroxyl groups is 1. The first-order valence-electron chi connectivity index (χ1n) is 4.62. The zero-order chi connectivity index (χ0) is 10.0. The van der Waals surface area contributed by atoms with Gasteiger partial charge in [-0.1, -0.05) is 0 Å². The highest BCUT2D eigenvalue weighted by Gasteiger charge is 2.33. The highest BCUT2D eigenvalue weighted by Crippen LogP contribution is 2.18. The van der Waals surface area contributed by atoms with Crippen LogP contribution in [0.5, 0.6) is 0 Å². The van der Waals surface area contributed by atoms with Crippen molar-refractivity contribution in [1.29, 1.82) is 0 Å². The summed E-state index contributed by atoms with van der Waals surface area (Å²) >= 11 is 0. The Morgan fingerprint density at radius 1 is 1.62 bits per heavy atom. The Morgan fingerprint density at radius 3 is 2.54 bits per heavy atom. The van der Waals surface area contributed by atoms with E-state index in [0.29, 0.717) is 5.92 Å². The van der Waals surface area contributed by atoms with Crippen molar-refractivity contribution >= 4 is 5.91 Å². The zero-order valence-electron chi connectivity index (χ0n) is 8.53. The summed E-state index contributed by atoms with van der Waals surface area (Å²) in [6, 6.07) is -0.0437. The number of rotatable bonds is 3. The third-order valence-electron chi connectivity index (χ3n) is 2.59. The molecule has 0 saturated carbocycles. The lowest BCUT2D eigenvalue weighted by Gasteiger charge is -2.42. The van der Waals surface area contributed by atoms with Gasteiger partial charge >= 0.3 is 0 Å². The summed E-state index contributed by atoms with van der Waals surface area (Å²) < 4.78 is 0. The van der Waals surface area contributed by atoms with Gasteiger partial charge in [0.2, 0.25) is 5.91 Å². The predicted molar refractivity (Wildman–Crippen MR) is 50.3 cm³/mol. The Labute approximate surface area is 79.1 Å². The second kappa shape index (κ2) is 4.07. The smallest absolute Gasteiger partial charge is 0.239 e. The lowest BCUT2D eigenvalue weighted by atomic mass is 9.99. The van der Waals surface area contributed by atoms with E-state index >= 15 is 0 Å². The molecule has 1 heterocycles. The summed E-state index contributed by atoms with van der Waals surface area (Å²) in [5.74, 6) is 0.508. The van der Waals surface area contributed by atoms with Crippen molar-refractivity contribution < 1.29 is 9.90 Å². The van der Waals surface area contributed by atoms with Crippen molar-refractivity contribution in [2.75, 3.05) is 33.8 Å². The maximum Gasteiger partial charge on any atom is 0.239 e. The topological polar surface area (TPSA) is 43.8 Å². The molecule has 0 spiro atoms. The number of aliphatic hydroxyl groups excluding tert-OH is 1. The SMILES string of the molecule is CC(C(=O)N(C)C)N1CC(CO)C1. The van der Waals surface area contributed by atoms with Crippen molar-refractivity contribution in [3.8, 4) is 0 Å². The number of amides is 1. The molecule has 0 bridgehead atoms. The second-order valence-corrected chi connectivity index (χ2v) is 3.91. The molecule has 1 aliphatic heterocycles. The lowest BCUT2D eigenvalue weighted by molar-refractivity contribution is -0.137. The van der Waals surface area contributed by atoms with Crippen LogP contribution in [0.15, 0.2) is 0 Å². The summed E-state index contributed by atoms with van der Waals surface area (Å²) in [7, 11) is 3.53. The molecule has 0 aromatic rings. The van der Waals surface area contributed by atoms with Crippen LogP contribution < -0.4 is 0 Å². The third-order valence-corrected chi connectivity index (χ3v) is 2.59. The minimum atomic E-state index is -0.0437. The van der Waals surface area contributed by atoms with E-state index in [4.69, 9.17) is 5.11 Å². The standard InChI is InChI=1S/C9H18N2O2/c1-7(9(13)10(2)3)11-4-8(5-11)6-12/h7-8,12H,4-6H2,1-3H3. The van der Waals surface area contributed by atoms with Crippen molar-refractivity contribution in [2.45, 2.75) is 13.0 Å². The Bertz CT molecular complexity index is 188. The van der Waals surface area contributed by atoms with Crippen molar-refractivity contribution in [2.24, 2.45) is 5.92 Å². The Kier molecular flexibility index (Phi) is 3.27. The van der Waals surface area contributed by atoms with Gasteiger partial charge in [-0.15, -0.1) is 0 Å². The number of likely N-dealkylation sites (tertiary alicyclic amines) is 1. The summed E-state index contributed by atoms with van der Waals surface area (Å²) in [5.41, 5.74) is 0. The number of hydrogen-bond acceptors (Lipinski definition) is 3. The minimum absolute atomic E-state index is 0.0437. The molecular weight excluding hydrogens is 168 g/mol. The molecule has 1 rings (SSSR count). The van der Waals surface area contributed by atoms with Gasteiger partial charge in [0, 0.05) is 39.7 Å². The summed E-state index contributed by atoms with van der Waals surface area (Å²) in [5, 5.41) is 8.81. The van der Waals surface area contributed by atoms with Gasteiger partial charge in [0.1, 0.15) is 0 Å². The van der Waals surface area contributed by atoms with Crippen molar-refractivity contribution in [3.63, 3.8) is 0 Å². The number of carbonyl (C=O) groups excluding carboxylic acids is 1. The Morgan fingerprint density at radius 2 is 2.15 bits per heavy atom. The van der Waals surface area contributed by atoms with Gasteiger partial charge in [0.25, 0.3) is 0 Å². The van der Waals surface area contributed by atoms with Crippen LogP contribution in [0, 0.1) is 5.92 Å². The fraction of sp³-hybridized carbons (Fsp3) is 0.889. The summed E-state index contributed by atoms with van der Waals surface area (Å²) in [4.78, 5) is 15.2. The normalized spacial score (nSPS) is 20.9. The van der Waals surface area contributed by atoms with Gasteiger partial charge in [0.15, 0.2) is 0 Å². The third kappa shape index (κ3) is 2.19. The predicted octanol–water partition coefficient (Wildman–Crippen LogP) is -0.613. The highest BCUT2D eigenvalue weighted by molar-refractivity contribution is 5.81. The molecule has 0 radical (unpaired) electrons. The van der Waals surface area contributed by atoms with Crippen LogP contribution in [0.3, 0.4) is 0 Å². The van der Waals surface area contributed by atoms with Crippen LogP contribution >= 0.6 is 0 Å². The molecule has 0 aromatic heterocycles. The largest absolute Gasteiger partial charge is 0.396 e. The van der Waals surface area contributed by atoms with Crippen LogP contribution in [0.2, 0.25) is 0 Å². The molecule has 0 aliphatic carbocycles. The van der Waals surface area contributed by atoms with E-state index in [1.807, 2.05) is 6.92 Å². The first kappa shape index (κ1) is 10.5. The van der Waals surface area contributed by atoms with Gasteiger partial charge in [0.05, 0.1) is 6.04 Å². The van der Waals surface area contributed by atoms with E-state index in [2.05, 4.69) is 4.90 Å². The number of hydrogen-bond donors (Lipinski definition) is 1. The van der Waals surface area contributed by atoms with E-state index in [-0.39, 0.29) is 18.6 Å². The number of nitrogens with zero attached hydrogens (tertiary/aromatic N) is 2. The average molecular weight is 186 g/mol. The Hall–Kier alpha value is -0.610. The zero-order valence-corrected chi connectivity index (χ0v) is 8.53. The van der Waals surface area contributed by atoms with E-state index < -0.39 is 0 Å². The molecule has 1 unspecified atom stereocenters. The van der Waals surface area contributed by atoms with Gasteiger partial charge in [-0.25, -0.2) is 0 Å². The molecule has 4 nitrogen and oxygen atoms in total. The van der Waals surface area contributed by atoms with Crippen LogP contribution in [-0.2, 0) is 4.79 Å². The molecule has 1 saturated heterocycles. The van der Waals surface area contributed by atoms with E-state index in [0.717, 1.165) is 13.1 Å². The molecule has 76 valence electrons. The maximum absolute atomic E-state index is 11.5. The maximum atomic E-state index is 11.5. The second-order valence-electron chi connectivity index (χ2n) is 3.91. The summed E-state index contributed by atoms with van der Waals surface area (Å²) in [6.45, 7) is 3.84. The number of carbonyl (C=O) groups is 1. The summed E-state index contributed by atoms with van der Waals surface area (Å²) in [6.07, 6.45) is 0. The van der Waals surface area contributed by atoms with E-state index in [9.17, 15) is 4.79 Å². The van der Waals surface area contributed by atoms with Crippen LogP contribution in [0.4, 0.5) is 0 Å². The van der Waals surface area contributed by atoms with Crippen molar-refractivity contribution in [1.82, 2.24) is 9.80 Å². The average Bonchev–Trinajstić information content (AvgIpc) is 2.00. The molecule has 1 aliphatic rings. The van der Waals surface area contributed by atoms with Crippen LogP contribution in [0.25, 0.3) is 0 Å². The highest BCUT2D eigenvalue weighted by atomic mass is 16.3. The fourth-order valence-corrected chi connectivity index (χ4v) is 1.57. The molecule has 1 amide bonds. The lowest BCUT2D eigenvalue weighted by Crippen LogP contribution is -2.56. The molecule has 0 aromatic carbocycles. The molecule has 1 N–H and O–H groups in total. The fourth-order valence-electron chi connectivity index (χ4n) is 1.57. The minimum Gasteiger partial charge on any atom is -0.396 e. The Balaban J connectivity index is 2.34. The molecule has 1 fully saturated rings. The molecule has 4 heteroatoms. The van der Waals surface area contributed by atoms with Gasteiger partial charge in [-0.3, -0.25) is 9.69 Å². The van der Waals surface area contributed by atoms with Crippen LogP contribution in [0.1, 0.15) is 6.92 Å². The van der Waals surface area contributed by atoms with E-state index in [1.54, 1.807) is 19.0 Å². The van der Waals surface area contributed by atoms with Crippen LogP contribution in [-0.4, -0.2) is 60.6 Å². The first-order valence-corrected chi connectivity index (χ1v) is 4.62. The molecular formula is C9H18N2O2.